The van der Waals surface area contributed by atoms with E-state index in [2.05, 4.69) is 11.6 Å². The summed E-state index contributed by atoms with van der Waals surface area (Å²) in [5, 5.41) is -3.46. The number of nitroso groups, excluding NO2 is 1. The number of hydrogen-bond acceptors (Lipinski definition) is 2. The first kappa shape index (κ1) is 8.61. The molecule has 7 heteroatoms. The molecule has 0 saturated carbocycles. The third-order valence-corrected chi connectivity index (χ3v) is 0.739. The van der Waals surface area contributed by atoms with Crippen LogP contribution in [-0.2, 0) is 0 Å². The predicted molar refractivity (Wildman–Crippen MR) is 21.5 cm³/mol. The highest BCUT2D eigenvalue weighted by atomic mass is 35.5. The van der Waals surface area contributed by atoms with Gasteiger partial charge in [-0.25, -0.2) is 0 Å². The summed E-state index contributed by atoms with van der Waals surface area (Å²) < 4.78 is 44.6. The van der Waals surface area contributed by atoms with Gasteiger partial charge < -0.3 is 0 Å². The molecule has 0 fully saturated rings. The minimum Gasteiger partial charge on any atom is -0.185 e. The van der Waals surface area contributed by atoms with Gasteiger partial charge in [-0.2, -0.15) is 17.6 Å². The van der Waals surface area contributed by atoms with Gasteiger partial charge in [0.2, 0.25) is 0 Å². The van der Waals surface area contributed by atoms with E-state index in [4.69, 9.17) is 4.91 Å². The van der Waals surface area contributed by atoms with Crippen LogP contribution in [-0.4, -0.2) is 11.4 Å². The number of halogens is 5. The fraction of sp³-hybridized carbons (Fsp3) is 1.00. The van der Waals surface area contributed by atoms with Crippen LogP contribution in [0.2, 0.25) is 0 Å². The molecule has 0 N–H and O–H groups in total. The Morgan fingerprint density at radius 2 is 1.56 bits per heavy atom. The van der Waals surface area contributed by atoms with Crippen molar-refractivity contribution in [2.24, 2.45) is 5.18 Å². The van der Waals surface area contributed by atoms with Gasteiger partial charge in [0.05, 0.1) is 0 Å². The van der Waals surface area contributed by atoms with Crippen LogP contribution in [0.1, 0.15) is 0 Å². The Hall–Kier alpha value is -0.390. The smallest absolute Gasteiger partial charge is 0.185 e. The standard InChI is InChI=1S/C2ClF4NO/c3-1(4,8-9)2(5,6)7. The van der Waals surface area contributed by atoms with Crippen LogP contribution in [0.5, 0.6) is 0 Å². The van der Waals surface area contributed by atoms with E-state index in [0.717, 1.165) is 5.18 Å². The predicted octanol–water partition coefficient (Wildman–Crippen LogP) is 2.18. The summed E-state index contributed by atoms with van der Waals surface area (Å²) in [6.07, 6.45) is -5.43. The molecule has 0 radical (unpaired) electrons. The van der Waals surface area contributed by atoms with Crippen LogP contribution < -0.4 is 0 Å². The second-order valence-electron chi connectivity index (χ2n) is 1.13. The van der Waals surface area contributed by atoms with E-state index >= 15 is 0 Å². The van der Waals surface area contributed by atoms with Crippen LogP contribution in [0, 0.1) is 4.91 Å². The monoisotopic (exact) mass is 165 g/mol. The van der Waals surface area contributed by atoms with E-state index in [-0.39, 0.29) is 0 Å². The van der Waals surface area contributed by atoms with E-state index in [9.17, 15) is 17.6 Å². The number of alkyl halides is 5. The molecule has 9 heavy (non-hydrogen) atoms. The highest BCUT2D eigenvalue weighted by Crippen LogP contribution is 2.38. The lowest BCUT2D eigenvalue weighted by Crippen LogP contribution is -2.32. The van der Waals surface area contributed by atoms with E-state index in [1.165, 1.54) is 0 Å². The number of hydrogen-bond donors (Lipinski definition) is 0. The molecule has 0 amide bonds. The van der Waals surface area contributed by atoms with Crippen molar-refractivity contribution >= 4 is 11.6 Å². The highest BCUT2D eigenvalue weighted by molar-refractivity contribution is 6.23. The van der Waals surface area contributed by atoms with Crippen LogP contribution in [0.3, 0.4) is 0 Å². The molecule has 1 unspecified atom stereocenters. The minimum absolute atomic E-state index is 1.02. The Balaban J connectivity index is 4.32. The zero-order valence-corrected chi connectivity index (χ0v) is 4.50. The molecular formula is C2ClF4NO. The lowest BCUT2D eigenvalue weighted by molar-refractivity contribution is -0.195. The number of rotatable bonds is 1. The topological polar surface area (TPSA) is 29.4 Å². The van der Waals surface area contributed by atoms with Crippen molar-refractivity contribution in [3.05, 3.63) is 4.91 Å². The van der Waals surface area contributed by atoms with Crippen LogP contribution in [0.25, 0.3) is 0 Å². The lowest BCUT2D eigenvalue weighted by atomic mass is 10.6. The van der Waals surface area contributed by atoms with Crippen molar-refractivity contribution in [3.63, 3.8) is 0 Å². The maximum Gasteiger partial charge on any atom is 0.463 e. The van der Waals surface area contributed by atoms with Gasteiger partial charge in [0.25, 0.3) is 0 Å². The maximum atomic E-state index is 11.5. The van der Waals surface area contributed by atoms with Crippen molar-refractivity contribution < 1.29 is 17.6 Å². The fourth-order valence-electron chi connectivity index (χ4n) is 0.0518. The molecule has 0 saturated heterocycles. The van der Waals surface area contributed by atoms with Crippen molar-refractivity contribution in [3.8, 4) is 0 Å². The summed E-state index contributed by atoms with van der Waals surface area (Å²) in [7, 11) is 0. The molecule has 0 bridgehead atoms. The van der Waals surface area contributed by atoms with E-state index in [0.29, 0.717) is 0 Å². The summed E-state index contributed by atoms with van der Waals surface area (Å²) in [5.41, 5.74) is 0. The Morgan fingerprint density at radius 3 is 1.56 bits per heavy atom. The zero-order valence-electron chi connectivity index (χ0n) is 3.75. The average molecular weight is 165 g/mol. The zero-order chi connectivity index (χ0) is 7.71. The molecule has 1 atom stereocenters. The maximum absolute atomic E-state index is 11.5. The summed E-state index contributed by atoms with van der Waals surface area (Å²) >= 11 is 3.93. The third kappa shape index (κ3) is 1.78. The van der Waals surface area contributed by atoms with Gasteiger partial charge in [0.15, 0.2) is 0 Å². The molecule has 0 aromatic heterocycles. The Kier molecular flexibility index (Phi) is 2.00. The van der Waals surface area contributed by atoms with Crippen LogP contribution in [0.15, 0.2) is 5.18 Å². The van der Waals surface area contributed by atoms with Gasteiger partial charge in [-0.15, -0.1) is 4.91 Å². The molecule has 0 heterocycles. The Morgan fingerprint density at radius 1 is 1.22 bits per heavy atom. The SMILES string of the molecule is O=NC(F)(Cl)C(F)(F)F. The second kappa shape index (κ2) is 2.09. The molecule has 0 aromatic rings. The first-order chi connectivity index (χ1) is 3.81. The van der Waals surface area contributed by atoms with Crippen molar-refractivity contribution in [1.82, 2.24) is 0 Å². The van der Waals surface area contributed by atoms with Gasteiger partial charge >= 0.3 is 11.4 Å². The van der Waals surface area contributed by atoms with Gasteiger partial charge in [-0.05, 0) is 16.8 Å². The molecule has 2 nitrogen and oxygen atoms in total. The quantitative estimate of drug-likeness (QED) is 0.253. The van der Waals surface area contributed by atoms with Gasteiger partial charge in [-0.3, -0.25) is 0 Å². The molecular weight excluding hydrogens is 165 g/mol. The van der Waals surface area contributed by atoms with Gasteiger partial charge in [0.1, 0.15) is 0 Å². The number of nitrogens with zero attached hydrogens (tertiary/aromatic N) is 1. The normalized spacial score (nSPS) is 18.8. The first-order valence-electron chi connectivity index (χ1n) is 1.60. The fourth-order valence-corrected chi connectivity index (χ4v) is 0.0518. The third-order valence-electron chi connectivity index (χ3n) is 0.456. The summed E-state index contributed by atoms with van der Waals surface area (Å²) in [6.45, 7) is 0. The second-order valence-corrected chi connectivity index (χ2v) is 1.63. The summed E-state index contributed by atoms with van der Waals surface area (Å²) in [4.78, 5) is 9.00. The Labute approximate surface area is 51.8 Å². The Bertz CT molecular complexity index is 120. The first-order valence-corrected chi connectivity index (χ1v) is 1.98. The lowest BCUT2D eigenvalue weighted by Gasteiger charge is -2.11. The van der Waals surface area contributed by atoms with Crippen molar-refractivity contribution in [1.29, 1.82) is 0 Å². The summed E-state index contributed by atoms with van der Waals surface area (Å²) in [5.74, 6) is 0. The van der Waals surface area contributed by atoms with Gasteiger partial charge in [0, 0.05) is 0 Å². The molecule has 54 valence electrons. The van der Waals surface area contributed by atoms with E-state index in [1.807, 2.05) is 0 Å². The molecule has 0 rings (SSSR count). The van der Waals surface area contributed by atoms with Crippen LogP contribution in [0.4, 0.5) is 17.6 Å². The summed E-state index contributed by atoms with van der Waals surface area (Å²) in [6, 6.07) is 0. The van der Waals surface area contributed by atoms with Crippen molar-refractivity contribution in [2.75, 3.05) is 0 Å². The molecule has 0 aliphatic heterocycles. The largest absolute Gasteiger partial charge is 0.463 e. The van der Waals surface area contributed by atoms with E-state index in [1.54, 1.807) is 0 Å². The van der Waals surface area contributed by atoms with E-state index < -0.39 is 11.4 Å². The average Bonchev–Trinajstić information content (AvgIpc) is 1.64. The van der Waals surface area contributed by atoms with Gasteiger partial charge in [-0.1, -0.05) is 0 Å². The highest BCUT2D eigenvalue weighted by Gasteiger charge is 2.57. The molecule has 0 aliphatic carbocycles. The molecule has 0 aliphatic rings. The minimum atomic E-state index is -5.43. The van der Waals surface area contributed by atoms with Crippen molar-refractivity contribution in [2.45, 2.75) is 11.4 Å². The molecule has 0 spiro atoms. The van der Waals surface area contributed by atoms with Crippen LogP contribution >= 0.6 is 11.6 Å². The molecule has 0 aromatic carbocycles.